The second-order valence-electron chi connectivity index (χ2n) is 4.58. The number of hydrogen-bond acceptors (Lipinski definition) is 3. The average Bonchev–Trinajstić information content (AvgIpc) is 2.50. The van der Waals surface area contributed by atoms with Crippen molar-refractivity contribution in [2.75, 3.05) is 17.7 Å². The molecule has 0 spiro atoms. The maximum atomic E-state index is 12.0. The van der Waals surface area contributed by atoms with E-state index in [4.69, 9.17) is 0 Å². The standard InChI is InChI=1S/C16H17NO2S/c1-17(14-10-6-3-7-11-14)16(12-20,15(18)19)13-8-4-2-5-9-13/h2-11,20H,12H2,1H3,(H,18,19)/t16-/m1/s1. The first-order chi connectivity index (χ1) is 9.63. The third kappa shape index (κ3) is 2.39. The van der Waals surface area contributed by atoms with Gasteiger partial charge in [-0.3, -0.25) is 0 Å². The molecule has 0 saturated heterocycles. The van der Waals surface area contributed by atoms with Gasteiger partial charge < -0.3 is 10.0 Å². The third-order valence-corrected chi connectivity index (χ3v) is 4.01. The summed E-state index contributed by atoms with van der Waals surface area (Å²) in [5.41, 5.74) is 0.368. The summed E-state index contributed by atoms with van der Waals surface area (Å²) < 4.78 is 0. The summed E-state index contributed by atoms with van der Waals surface area (Å²) in [5, 5.41) is 9.82. The van der Waals surface area contributed by atoms with Gasteiger partial charge in [0.1, 0.15) is 0 Å². The second kappa shape index (κ2) is 6.01. The number of rotatable bonds is 5. The number of hydrogen-bond donors (Lipinski definition) is 2. The van der Waals surface area contributed by atoms with Crippen LogP contribution in [-0.4, -0.2) is 23.9 Å². The summed E-state index contributed by atoms with van der Waals surface area (Å²) in [6, 6.07) is 18.7. The summed E-state index contributed by atoms with van der Waals surface area (Å²) in [7, 11) is 1.78. The second-order valence-corrected chi connectivity index (χ2v) is 4.90. The Balaban J connectivity index is 2.56. The predicted octanol–water partition coefficient (Wildman–Crippen LogP) is 3.03. The molecule has 0 fully saturated rings. The minimum absolute atomic E-state index is 0.178. The van der Waals surface area contributed by atoms with E-state index in [2.05, 4.69) is 12.6 Å². The van der Waals surface area contributed by atoms with Gasteiger partial charge in [0.15, 0.2) is 5.54 Å². The Morgan fingerprint density at radius 1 is 1.10 bits per heavy atom. The molecule has 20 heavy (non-hydrogen) atoms. The van der Waals surface area contributed by atoms with Gasteiger partial charge in [-0.2, -0.15) is 12.6 Å². The molecule has 0 bridgehead atoms. The van der Waals surface area contributed by atoms with Crippen molar-refractivity contribution in [2.24, 2.45) is 0 Å². The topological polar surface area (TPSA) is 40.5 Å². The van der Waals surface area contributed by atoms with Crippen LogP contribution in [0.1, 0.15) is 5.56 Å². The molecule has 3 nitrogen and oxygen atoms in total. The van der Waals surface area contributed by atoms with Crippen LogP contribution in [0.4, 0.5) is 5.69 Å². The molecule has 0 heterocycles. The summed E-state index contributed by atoms with van der Waals surface area (Å²) >= 11 is 4.32. The lowest BCUT2D eigenvalue weighted by Gasteiger charge is -2.39. The molecule has 0 aromatic heterocycles. The largest absolute Gasteiger partial charge is 0.479 e. The Kier molecular flexibility index (Phi) is 4.35. The Bertz CT molecular complexity index is 574. The number of para-hydroxylation sites is 1. The number of likely N-dealkylation sites (N-methyl/N-ethyl adjacent to an activating group) is 1. The van der Waals surface area contributed by atoms with Crippen molar-refractivity contribution in [1.82, 2.24) is 0 Å². The summed E-state index contributed by atoms with van der Waals surface area (Å²) in [4.78, 5) is 13.7. The molecule has 0 aliphatic carbocycles. The molecule has 104 valence electrons. The quantitative estimate of drug-likeness (QED) is 0.831. The number of carboxylic acid groups (broad SMARTS) is 1. The van der Waals surface area contributed by atoms with Gasteiger partial charge in [0, 0.05) is 18.5 Å². The zero-order valence-electron chi connectivity index (χ0n) is 11.2. The van der Waals surface area contributed by atoms with Crippen molar-refractivity contribution in [3.8, 4) is 0 Å². The van der Waals surface area contributed by atoms with Crippen LogP contribution in [0.5, 0.6) is 0 Å². The number of nitrogens with zero attached hydrogens (tertiary/aromatic N) is 1. The molecule has 0 saturated carbocycles. The molecule has 0 unspecified atom stereocenters. The fourth-order valence-corrected chi connectivity index (χ4v) is 2.84. The normalized spacial score (nSPS) is 13.5. The Morgan fingerprint density at radius 3 is 2.05 bits per heavy atom. The first kappa shape index (κ1) is 14.5. The lowest BCUT2D eigenvalue weighted by Crippen LogP contribution is -2.52. The fourth-order valence-electron chi connectivity index (χ4n) is 2.31. The van der Waals surface area contributed by atoms with E-state index in [1.54, 1.807) is 11.9 Å². The van der Waals surface area contributed by atoms with Gasteiger partial charge in [-0.05, 0) is 17.7 Å². The van der Waals surface area contributed by atoms with Crippen molar-refractivity contribution >= 4 is 24.3 Å². The number of anilines is 1. The van der Waals surface area contributed by atoms with E-state index in [1.165, 1.54) is 0 Å². The minimum Gasteiger partial charge on any atom is -0.479 e. The number of carboxylic acids is 1. The Hall–Kier alpha value is -1.94. The van der Waals surface area contributed by atoms with E-state index in [-0.39, 0.29) is 5.75 Å². The Morgan fingerprint density at radius 2 is 1.60 bits per heavy atom. The summed E-state index contributed by atoms with van der Waals surface area (Å²) in [6.45, 7) is 0. The van der Waals surface area contributed by atoms with Crippen molar-refractivity contribution in [1.29, 1.82) is 0 Å². The van der Waals surface area contributed by atoms with Crippen LogP contribution < -0.4 is 4.90 Å². The highest BCUT2D eigenvalue weighted by molar-refractivity contribution is 7.80. The van der Waals surface area contributed by atoms with E-state index in [0.29, 0.717) is 5.56 Å². The van der Waals surface area contributed by atoms with Gasteiger partial charge in [0.25, 0.3) is 0 Å². The molecule has 1 atom stereocenters. The molecule has 2 aromatic rings. The third-order valence-electron chi connectivity index (χ3n) is 3.55. The molecule has 0 radical (unpaired) electrons. The van der Waals surface area contributed by atoms with Crippen molar-refractivity contribution < 1.29 is 9.90 Å². The van der Waals surface area contributed by atoms with Crippen molar-refractivity contribution in [3.05, 3.63) is 66.2 Å². The first-order valence-corrected chi connectivity index (χ1v) is 6.95. The van der Waals surface area contributed by atoms with Crippen LogP contribution in [-0.2, 0) is 10.3 Å². The predicted molar refractivity (Wildman–Crippen MR) is 84.5 cm³/mol. The molecule has 2 aromatic carbocycles. The number of benzene rings is 2. The van der Waals surface area contributed by atoms with Crippen LogP contribution in [0.25, 0.3) is 0 Å². The first-order valence-electron chi connectivity index (χ1n) is 6.31. The highest BCUT2D eigenvalue weighted by atomic mass is 32.1. The highest BCUT2D eigenvalue weighted by Gasteiger charge is 2.43. The van der Waals surface area contributed by atoms with Crippen LogP contribution in [0, 0.1) is 0 Å². The highest BCUT2D eigenvalue weighted by Crippen LogP contribution is 2.33. The zero-order chi connectivity index (χ0) is 14.6. The SMILES string of the molecule is CN(c1ccccc1)[C@@](CS)(C(=O)O)c1ccccc1. The zero-order valence-corrected chi connectivity index (χ0v) is 12.1. The van der Waals surface area contributed by atoms with Crippen LogP contribution in [0.15, 0.2) is 60.7 Å². The minimum atomic E-state index is -1.19. The lowest BCUT2D eigenvalue weighted by molar-refractivity contribution is -0.142. The van der Waals surface area contributed by atoms with Gasteiger partial charge in [0.2, 0.25) is 0 Å². The molecule has 0 aliphatic heterocycles. The summed E-state index contributed by atoms with van der Waals surface area (Å²) in [6.07, 6.45) is 0. The number of carbonyl (C=O) groups is 1. The number of thiol groups is 1. The Labute approximate surface area is 124 Å². The lowest BCUT2D eigenvalue weighted by atomic mass is 9.89. The smallest absolute Gasteiger partial charge is 0.335 e. The van der Waals surface area contributed by atoms with Gasteiger partial charge >= 0.3 is 5.97 Å². The van der Waals surface area contributed by atoms with Crippen molar-refractivity contribution in [2.45, 2.75) is 5.54 Å². The van der Waals surface area contributed by atoms with Gasteiger partial charge in [-0.1, -0.05) is 48.5 Å². The van der Waals surface area contributed by atoms with E-state index < -0.39 is 11.5 Å². The molecular weight excluding hydrogens is 270 g/mol. The van der Waals surface area contributed by atoms with E-state index in [9.17, 15) is 9.90 Å². The number of aliphatic carboxylic acids is 1. The average molecular weight is 287 g/mol. The molecule has 0 aliphatic rings. The van der Waals surface area contributed by atoms with Crippen molar-refractivity contribution in [3.63, 3.8) is 0 Å². The van der Waals surface area contributed by atoms with E-state index in [1.807, 2.05) is 60.7 Å². The summed E-state index contributed by atoms with van der Waals surface area (Å²) in [5.74, 6) is -0.734. The monoisotopic (exact) mass is 287 g/mol. The molecule has 4 heteroatoms. The molecular formula is C16H17NO2S. The fraction of sp³-hybridized carbons (Fsp3) is 0.188. The van der Waals surface area contributed by atoms with Gasteiger partial charge in [0.05, 0.1) is 0 Å². The van der Waals surface area contributed by atoms with Crippen LogP contribution >= 0.6 is 12.6 Å². The molecule has 0 amide bonds. The van der Waals surface area contributed by atoms with Crippen LogP contribution in [0.3, 0.4) is 0 Å². The van der Waals surface area contributed by atoms with Gasteiger partial charge in [-0.15, -0.1) is 0 Å². The van der Waals surface area contributed by atoms with Gasteiger partial charge in [-0.25, -0.2) is 4.79 Å². The van der Waals surface area contributed by atoms with E-state index in [0.717, 1.165) is 5.69 Å². The maximum absolute atomic E-state index is 12.0. The molecule has 1 N–H and O–H groups in total. The molecule has 2 rings (SSSR count). The van der Waals surface area contributed by atoms with Crippen LogP contribution in [0.2, 0.25) is 0 Å². The maximum Gasteiger partial charge on any atom is 0.335 e. The van der Waals surface area contributed by atoms with E-state index >= 15 is 0 Å².